The summed E-state index contributed by atoms with van der Waals surface area (Å²) in [7, 11) is 0. The number of amides is 2. The average Bonchev–Trinajstić information content (AvgIpc) is 3.34. The van der Waals surface area contributed by atoms with Crippen LogP contribution in [0.2, 0.25) is 0 Å². The predicted molar refractivity (Wildman–Crippen MR) is 155 cm³/mol. The normalized spacial score (nSPS) is 21.0. The summed E-state index contributed by atoms with van der Waals surface area (Å²) < 4.78 is 100. The fourth-order valence-corrected chi connectivity index (χ4v) is 5.80. The molecule has 1 aromatic heterocycles. The number of allylic oxidation sites excluding steroid dienone is 4. The fraction of sp³-hybridized carbons (Fsp3) is 0.250. The molecule has 47 heavy (non-hydrogen) atoms. The number of hydrogen-bond donors (Lipinski definition) is 1. The lowest BCUT2D eigenvalue weighted by molar-refractivity contribution is -0.174. The van der Waals surface area contributed by atoms with Crippen LogP contribution in [0.15, 0.2) is 90.4 Å². The molecule has 2 amide bonds. The monoisotopic (exact) mass is 658 g/mol. The highest BCUT2D eigenvalue weighted by Gasteiger charge is 2.57. The van der Waals surface area contributed by atoms with Gasteiger partial charge in [-0.15, -0.1) is 0 Å². The zero-order valence-corrected chi connectivity index (χ0v) is 24.7. The van der Waals surface area contributed by atoms with Gasteiger partial charge >= 0.3 is 12.4 Å². The highest BCUT2D eigenvalue weighted by Crippen LogP contribution is 2.54. The van der Waals surface area contributed by atoms with Gasteiger partial charge in [0.15, 0.2) is 12.2 Å². The standard InChI is InChI=1S/C32H25F7N6O2/c1-4-43-29-24-23(26(30(43)47)41-28(46)19-9-8-10-20(15-19)31(34,35)36)22(14-13-17(2)33)18(3)44(16-40)27(32(37,38)39)25(24)42-45(29)21-11-6-5-7-12-21/h5-15,23,26-27H,3-4H2,1-2H3,(H,41,46)/b17-13+,22-14+/t23-,26-,27-/m0/s1. The van der Waals surface area contributed by atoms with Crippen LogP contribution in [0.25, 0.3) is 5.69 Å². The Balaban J connectivity index is 1.83. The summed E-state index contributed by atoms with van der Waals surface area (Å²) in [4.78, 5) is 29.1. The Morgan fingerprint density at radius 1 is 1.11 bits per heavy atom. The van der Waals surface area contributed by atoms with E-state index in [1.165, 1.54) is 25.2 Å². The van der Waals surface area contributed by atoms with Crippen molar-refractivity contribution in [3.05, 3.63) is 113 Å². The van der Waals surface area contributed by atoms with Crippen molar-refractivity contribution >= 4 is 17.6 Å². The summed E-state index contributed by atoms with van der Waals surface area (Å²) in [5.74, 6) is -4.41. The van der Waals surface area contributed by atoms with Crippen molar-refractivity contribution in [2.75, 3.05) is 11.4 Å². The Kier molecular flexibility index (Phi) is 8.48. The Hall–Kier alpha value is -5.39. The zero-order valence-electron chi connectivity index (χ0n) is 24.7. The fourth-order valence-electron chi connectivity index (χ4n) is 5.80. The molecule has 3 aromatic rings. The van der Waals surface area contributed by atoms with Gasteiger partial charge in [-0.05, 0) is 55.8 Å². The van der Waals surface area contributed by atoms with Crippen molar-refractivity contribution in [3.63, 3.8) is 0 Å². The highest BCUT2D eigenvalue weighted by atomic mass is 19.4. The number of carbonyl (C=O) groups is 2. The Bertz CT molecular complexity index is 1850. The topological polar surface area (TPSA) is 94.3 Å². The number of rotatable bonds is 5. The summed E-state index contributed by atoms with van der Waals surface area (Å²) in [6.07, 6.45) is -6.49. The molecule has 0 radical (unpaired) electrons. The Morgan fingerprint density at radius 3 is 2.36 bits per heavy atom. The number of alkyl halides is 6. The molecule has 1 N–H and O–H groups in total. The van der Waals surface area contributed by atoms with Crippen LogP contribution in [0.5, 0.6) is 0 Å². The molecule has 15 heteroatoms. The molecule has 0 spiro atoms. The van der Waals surface area contributed by atoms with E-state index in [-0.39, 0.29) is 34.1 Å². The third-order valence-electron chi connectivity index (χ3n) is 7.80. The number of anilines is 1. The van der Waals surface area contributed by atoms with Gasteiger partial charge in [0.05, 0.1) is 17.1 Å². The second kappa shape index (κ2) is 12.1. The number of halogens is 7. The second-order valence-electron chi connectivity index (χ2n) is 10.7. The smallest absolute Gasteiger partial charge is 0.339 e. The maximum absolute atomic E-state index is 14.9. The van der Waals surface area contributed by atoms with E-state index in [4.69, 9.17) is 0 Å². The molecule has 5 rings (SSSR count). The number of nitriles is 1. The molecule has 2 aliphatic heterocycles. The number of carbonyl (C=O) groups excluding carboxylic acids is 2. The number of hydrogen-bond acceptors (Lipinski definition) is 5. The Labute approximate surface area is 263 Å². The van der Waals surface area contributed by atoms with Gasteiger partial charge in [0.25, 0.3) is 11.8 Å². The molecule has 0 saturated heterocycles. The average molecular weight is 659 g/mol. The van der Waals surface area contributed by atoms with Crippen molar-refractivity contribution in [2.24, 2.45) is 0 Å². The van der Waals surface area contributed by atoms with E-state index >= 15 is 0 Å². The SMILES string of the molecule is C=C1/C(=C\C=C(/C)F)[C@H]2c3c(nn(-c4ccccc4)c3N(CC)C(=O)[C@H]2NC(=O)c2cccc(C(F)(F)F)c2)[C@@H](C(F)(F)F)N1C#N. The molecule has 2 aliphatic rings. The first-order valence-electron chi connectivity index (χ1n) is 14.1. The van der Waals surface area contributed by atoms with E-state index in [2.05, 4.69) is 17.0 Å². The zero-order chi connectivity index (χ0) is 34.4. The third-order valence-corrected chi connectivity index (χ3v) is 7.80. The molecule has 8 nitrogen and oxygen atoms in total. The highest BCUT2D eigenvalue weighted by molar-refractivity contribution is 6.05. The van der Waals surface area contributed by atoms with Crippen LogP contribution in [0, 0.1) is 11.5 Å². The summed E-state index contributed by atoms with van der Waals surface area (Å²) in [5.41, 5.74) is -3.04. The lowest BCUT2D eigenvalue weighted by Gasteiger charge is -2.39. The van der Waals surface area contributed by atoms with Crippen molar-refractivity contribution in [1.82, 2.24) is 20.0 Å². The molecule has 2 aromatic carbocycles. The van der Waals surface area contributed by atoms with Crippen LogP contribution >= 0.6 is 0 Å². The summed E-state index contributed by atoms with van der Waals surface area (Å²) in [6, 6.07) is 6.83. The van der Waals surface area contributed by atoms with Crippen molar-refractivity contribution < 1.29 is 40.3 Å². The van der Waals surface area contributed by atoms with Crippen LogP contribution < -0.4 is 10.2 Å². The number of nitrogens with one attached hydrogen (secondary N) is 1. The number of para-hydroxylation sites is 1. The summed E-state index contributed by atoms with van der Waals surface area (Å²) >= 11 is 0. The van der Waals surface area contributed by atoms with Crippen LogP contribution in [0.3, 0.4) is 0 Å². The number of aromatic nitrogens is 2. The van der Waals surface area contributed by atoms with Gasteiger partial charge in [0, 0.05) is 29.3 Å². The van der Waals surface area contributed by atoms with Crippen molar-refractivity contribution in [2.45, 2.75) is 44.2 Å². The molecule has 0 saturated carbocycles. The van der Waals surface area contributed by atoms with E-state index in [9.17, 15) is 45.6 Å². The molecular weight excluding hydrogens is 633 g/mol. The minimum Gasteiger partial charge on any atom is -0.339 e. The maximum atomic E-state index is 14.9. The van der Waals surface area contributed by atoms with Crippen LogP contribution in [0.4, 0.5) is 36.6 Å². The van der Waals surface area contributed by atoms with Crippen LogP contribution in [-0.4, -0.2) is 45.3 Å². The van der Waals surface area contributed by atoms with E-state index < -0.39 is 70.5 Å². The first-order chi connectivity index (χ1) is 22.1. The molecule has 244 valence electrons. The lowest BCUT2D eigenvalue weighted by Crippen LogP contribution is -2.55. The van der Waals surface area contributed by atoms with Gasteiger partial charge < -0.3 is 5.32 Å². The van der Waals surface area contributed by atoms with Gasteiger partial charge in [0.2, 0.25) is 0 Å². The molecule has 3 heterocycles. The maximum Gasteiger partial charge on any atom is 0.416 e. The van der Waals surface area contributed by atoms with Gasteiger partial charge in [-0.2, -0.15) is 36.7 Å². The Morgan fingerprint density at radius 2 is 1.79 bits per heavy atom. The first-order valence-corrected chi connectivity index (χ1v) is 14.1. The van der Waals surface area contributed by atoms with E-state index in [0.29, 0.717) is 6.07 Å². The second-order valence-corrected chi connectivity index (χ2v) is 10.7. The van der Waals surface area contributed by atoms with Gasteiger partial charge in [-0.25, -0.2) is 9.07 Å². The summed E-state index contributed by atoms with van der Waals surface area (Å²) in [5, 5.41) is 16.8. The lowest BCUT2D eigenvalue weighted by atomic mass is 9.79. The van der Waals surface area contributed by atoms with E-state index in [0.717, 1.165) is 46.9 Å². The van der Waals surface area contributed by atoms with Crippen molar-refractivity contribution in [1.29, 1.82) is 5.26 Å². The third kappa shape index (κ3) is 5.86. The minimum atomic E-state index is -5.14. The molecular formula is C32H25F7N6O2. The van der Waals surface area contributed by atoms with E-state index in [1.54, 1.807) is 18.2 Å². The molecule has 0 aliphatic carbocycles. The van der Waals surface area contributed by atoms with Crippen LogP contribution in [0.1, 0.15) is 53.0 Å². The quantitative estimate of drug-likeness (QED) is 0.239. The molecule has 0 unspecified atom stereocenters. The van der Waals surface area contributed by atoms with E-state index in [1.807, 2.05) is 0 Å². The molecule has 0 fully saturated rings. The summed E-state index contributed by atoms with van der Waals surface area (Å²) in [6.45, 7) is 6.16. The first kappa shape index (κ1) is 33.0. The minimum absolute atomic E-state index is 0.0954. The van der Waals surface area contributed by atoms with Gasteiger partial charge in [-0.1, -0.05) is 36.9 Å². The predicted octanol–water partition coefficient (Wildman–Crippen LogP) is 6.85. The van der Waals surface area contributed by atoms with Crippen LogP contribution in [-0.2, 0) is 11.0 Å². The molecule has 0 bridgehead atoms. The number of benzene rings is 2. The van der Waals surface area contributed by atoms with Crippen molar-refractivity contribution in [3.8, 4) is 11.9 Å². The van der Waals surface area contributed by atoms with Gasteiger partial charge in [0.1, 0.15) is 17.6 Å². The largest absolute Gasteiger partial charge is 0.416 e. The number of likely N-dealkylation sites (N-methyl/N-ethyl adjacent to an activating group) is 1. The molecule has 3 atom stereocenters. The van der Waals surface area contributed by atoms with Gasteiger partial charge in [-0.3, -0.25) is 19.4 Å². The number of nitrogens with zero attached hydrogens (tertiary/aromatic N) is 5.